The molecule has 0 atom stereocenters. The van der Waals surface area contributed by atoms with Crippen molar-refractivity contribution in [3.05, 3.63) is 15.7 Å². The maximum absolute atomic E-state index is 6.09. The zero-order valence-electron chi connectivity index (χ0n) is 12.0. The Morgan fingerprint density at radius 3 is 2.32 bits per heavy atom. The second-order valence-electron chi connectivity index (χ2n) is 4.77. The fourth-order valence-electron chi connectivity index (χ4n) is 2.30. The third kappa shape index (κ3) is 2.84. The molecule has 0 unspecified atom stereocenters. The predicted molar refractivity (Wildman–Crippen MR) is 84.7 cm³/mol. The molecule has 0 spiro atoms. The van der Waals surface area contributed by atoms with Gasteiger partial charge in [-0.2, -0.15) is 4.98 Å². The minimum absolute atomic E-state index is 0.348. The number of aromatic nitrogens is 2. The van der Waals surface area contributed by atoms with Gasteiger partial charge in [0.05, 0.1) is 5.39 Å². The molecule has 0 amide bonds. The van der Waals surface area contributed by atoms with Gasteiger partial charge in [0.15, 0.2) is 0 Å². The average Bonchev–Trinajstić information content (AvgIpc) is 2.64. The third-order valence-corrected chi connectivity index (χ3v) is 4.54. The molecule has 2 rings (SSSR count). The van der Waals surface area contributed by atoms with Crippen LogP contribution in [-0.4, -0.2) is 23.1 Å². The highest BCUT2D eigenvalue weighted by Gasteiger charge is 2.18. The van der Waals surface area contributed by atoms with Crippen LogP contribution >= 0.6 is 22.9 Å². The fraction of sp³-hybridized carbons (Fsp3) is 0.571. The van der Waals surface area contributed by atoms with Crippen molar-refractivity contribution in [2.75, 3.05) is 18.0 Å². The highest BCUT2D eigenvalue weighted by atomic mass is 35.5. The number of hydrogen-bond acceptors (Lipinski definition) is 4. The highest BCUT2D eigenvalue weighted by Crippen LogP contribution is 2.35. The topological polar surface area (TPSA) is 29.0 Å². The van der Waals surface area contributed by atoms with Crippen molar-refractivity contribution in [3.63, 3.8) is 0 Å². The van der Waals surface area contributed by atoms with Gasteiger partial charge >= 0.3 is 0 Å². The summed E-state index contributed by atoms with van der Waals surface area (Å²) in [5, 5.41) is 1.52. The molecule has 0 bridgehead atoms. The van der Waals surface area contributed by atoms with Crippen LogP contribution in [0.5, 0.6) is 0 Å². The summed E-state index contributed by atoms with van der Waals surface area (Å²) >= 11 is 7.79. The lowest BCUT2D eigenvalue weighted by molar-refractivity contribution is 0.736. The van der Waals surface area contributed by atoms with E-state index in [0.717, 1.165) is 36.6 Å². The van der Waals surface area contributed by atoms with Crippen LogP contribution in [0, 0.1) is 13.8 Å². The summed E-state index contributed by atoms with van der Waals surface area (Å²) in [4.78, 5) is 13.5. The van der Waals surface area contributed by atoms with Crippen molar-refractivity contribution in [2.24, 2.45) is 0 Å². The van der Waals surface area contributed by atoms with Crippen LogP contribution in [0.3, 0.4) is 0 Å². The Morgan fingerprint density at radius 2 is 1.74 bits per heavy atom. The summed E-state index contributed by atoms with van der Waals surface area (Å²) in [6, 6.07) is 0. The number of thiophene rings is 1. The largest absolute Gasteiger partial charge is 0.356 e. The summed E-state index contributed by atoms with van der Waals surface area (Å²) in [5.74, 6) is 1.00. The van der Waals surface area contributed by atoms with Gasteiger partial charge in [-0.1, -0.05) is 13.8 Å². The van der Waals surface area contributed by atoms with E-state index in [1.807, 2.05) is 0 Å². The lowest BCUT2D eigenvalue weighted by Gasteiger charge is -2.23. The Kier molecular flexibility index (Phi) is 4.63. The van der Waals surface area contributed by atoms with Crippen LogP contribution in [0.2, 0.25) is 5.28 Å². The fourth-order valence-corrected chi connectivity index (χ4v) is 3.53. The highest BCUT2D eigenvalue weighted by molar-refractivity contribution is 7.18. The van der Waals surface area contributed by atoms with Gasteiger partial charge in [0.1, 0.15) is 10.6 Å². The van der Waals surface area contributed by atoms with Crippen LogP contribution in [0.25, 0.3) is 10.2 Å². The van der Waals surface area contributed by atoms with Gasteiger partial charge in [0.25, 0.3) is 0 Å². The molecular formula is C14H20ClN3S. The molecule has 0 aromatic carbocycles. The first-order valence-electron chi connectivity index (χ1n) is 6.76. The zero-order chi connectivity index (χ0) is 14.0. The molecule has 19 heavy (non-hydrogen) atoms. The second-order valence-corrected chi connectivity index (χ2v) is 6.31. The Balaban J connectivity index is 2.62. The Morgan fingerprint density at radius 1 is 1.11 bits per heavy atom. The van der Waals surface area contributed by atoms with E-state index in [0.29, 0.717) is 5.28 Å². The molecule has 5 heteroatoms. The van der Waals surface area contributed by atoms with E-state index in [9.17, 15) is 0 Å². The van der Waals surface area contributed by atoms with Crippen LogP contribution in [-0.2, 0) is 0 Å². The molecule has 0 saturated heterocycles. The molecule has 2 heterocycles. The van der Waals surface area contributed by atoms with Gasteiger partial charge in [-0.05, 0) is 43.9 Å². The van der Waals surface area contributed by atoms with Crippen molar-refractivity contribution in [1.29, 1.82) is 0 Å². The van der Waals surface area contributed by atoms with E-state index in [2.05, 4.69) is 42.6 Å². The summed E-state index contributed by atoms with van der Waals surface area (Å²) in [5.41, 5.74) is 1.28. The summed E-state index contributed by atoms with van der Waals surface area (Å²) in [6.45, 7) is 10.7. The first-order valence-corrected chi connectivity index (χ1v) is 7.96. The number of fused-ring (bicyclic) bond motifs is 1. The maximum Gasteiger partial charge on any atom is 0.225 e. The van der Waals surface area contributed by atoms with Gasteiger partial charge in [0, 0.05) is 18.0 Å². The molecule has 3 nitrogen and oxygen atoms in total. The predicted octanol–water partition coefficient (Wildman–Crippen LogP) is 4.59. The van der Waals surface area contributed by atoms with E-state index in [-0.39, 0.29) is 0 Å². The van der Waals surface area contributed by atoms with Crippen LogP contribution in [0.15, 0.2) is 0 Å². The third-order valence-electron chi connectivity index (χ3n) is 3.27. The summed E-state index contributed by atoms with van der Waals surface area (Å²) in [7, 11) is 0. The van der Waals surface area contributed by atoms with E-state index in [4.69, 9.17) is 11.6 Å². The van der Waals surface area contributed by atoms with E-state index >= 15 is 0 Å². The van der Waals surface area contributed by atoms with Crippen molar-refractivity contribution in [2.45, 2.75) is 40.5 Å². The smallest absolute Gasteiger partial charge is 0.225 e. The SMILES string of the molecule is CCCN(CCC)c1nc(Cl)nc2sc(C)c(C)c12. The van der Waals surface area contributed by atoms with Gasteiger partial charge in [-0.25, -0.2) is 4.98 Å². The minimum Gasteiger partial charge on any atom is -0.356 e. The molecule has 0 aliphatic heterocycles. The number of halogens is 1. The van der Waals surface area contributed by atoms with E-state index in [1.165, 1.54) is 15.8 Å². The molecule has 0 aliphatic rings. The molecule has 0 fully saturated rings. The molecule has 2 aromatic heterocycles. The molecule has 0 radical (unpaired) electrons. The Labute approximate surface area is 123 Å². The number of hydrogen-bond donors (Lipinski definition) is 0. The summed E-state index contributed by atoms with van der Waals surface area (Å²) < 4.78 is 0. The van der Waals surface area contributed by atoms with Gasteiger partial charge < -0.3 is 4.90 Å². The van der Waals surface area contributed by atoms with E-state index < -0.39 is 0 Å². The number of anilines is 1. The van der Waals surface area contributed by atoms with Crippen molar-refractivity contribution >= 4 is 39.0 Å². The zero-order valence-corrected chi connectivity index (χ0v) is 13.5. The van der Waals surface area contributed by atoms with Gasteiger partial charge in [-0.3, -0.25) is 0 Å². The monoisotopic (exact) mass is 297 g/mol. The van der Waals surface area contributed by atoms with Crippen molar-refractivity contribution in [1.82, 2.24) is 9.97 Å². The molecule has 0 saturated carbocycles. The Hall–Kier alpha value is -0.870. The first-order chi connectivity index (χ1) is 9.08. The van der Waals surface area contributed by atoms with Crippen molar-refractivity contribution in [3.8, 4) is 0 Å². The average molecular weight is 298 g/mol. The van der Waals surface area contributed by atoms with Gasteiger partial charge in [0.2, 0.25) is 5.28 Å². The standard InChI is InChI=1S/C14H20ClN3S/c1-5-7-18(8-6-2)12-11-9(3)10(4)19-13(11)17-14(15)16-12/h5-8H2,1-4H3. The second kappa shape index (κ2) is 6.06. The lowest BCUT2D eigenvalue weighted by Crippen LogP contribution is -2.26. The van der Waals surface area contributed by atoms with Crippen molar-refractivity contribution < 1.29 is 0 Å². The quantitative estimate of drug-likeness (QED) is 0.756. The first kappa shape index (κ1) is 14.5. The van der Waals surface area contributed by atoms with Gasteiger partial charge in [-0.15, -0.1) is 11.3 Å². The maximum atomic E-state index is 6.09. The number of rotatable bonds is 5. The molecular weight excluding hydrogens is 278 g/mol. The van der Waals surface area contributed by atoms with Crippen LogP contribution in [0.4, 0.5) is 5.82 Å². The molecule has 2 aromatic rings. The van der Waals surface area contributed by atoms with Crippen LogP contribution < -0.4 is 4.90 Å². The number of nitrogens with zero attached hydrogens (tertiary/aromatic N) is 3. The normalized spacial score (nSPS) is 11.2. The number of aryl methyl sites for hydroxylation is 2. The minimum atomic E-state index is 0.348. The lowest BCUT2D eigenvalue weighted by atomic mass is 10.2. The Bertz CT molecular complexity index is 574. The molecule has 0 N–H and O–H groups in total. The molecule has 104 valence electrons. The van der Waals surface area contributed by atoms with Crippen LogP contribution in [0.1, 0.15) is 37.1 Å². The molecule has 0 aliphatic carbocycles. The van der Waals surface area contributed by atoms with E-state index in [1.54, 1.807) is 11.3 Å². The summed E-state index contributed by atoms with van der Waals surface area (Å²) in [6.07, 6.45) is 2.20.